The lowest BCUT2D eigenvalue weighted by Crippen LogP contribution is -2.63. The first-order valence-electron chi connectivity index (χ1n) is 11.1. The predicted octanol–water partition coefficient (Wildman–Crippen LogP) is 4.90. The highest BCUT2D eigenvalue weighted by Gasteiger charge is 2.54. The van der Waals surface area contributed by atoms with E-state index in [0.717, 1.165) is 5.56 Å². The number of halogens is 3. The Balaban J connectivity index is 1.84. The number of alkyl halides is 3. The average molecular weight is 527 g/mol. The van der Waals surface area contributed by atoms with Gasteiger partial charge in [-0.3, -0.25) is 4.18 Å². The Hall–Kier alpha value is -1.02. The molecule has 194 valence electrons. The van der Waals surface area contributed by atoms with E-state index in [-0.39, 0.29) is 18.1 Å². The van der Waals surface area contributed by atoms with E-state index in [1.807, 2.05) is 64.2 Å². The highest BCUT2D eigenvalue weighted by atomic mass is 32.2. The Labute approximate surface area is 200 Å². The van der Waals surface area contributed by atoms with Crippen molar-refractivity contribution < 1.29 is 44.4 Å². The van der Waals surface area contributed by atoms with Crippen molar-refractivity contribution in [2.45, 2.75) is 88.0 Å². The van der Waals surface area contributed by atoms with Crippen molar-refractivity contribution in [3.05, 3.63) is 35.9 Å². The van der Waals surface area contributed by atoms with Crippen molar-refractivity contribution in [1.29, 1.82) is 0 Å². The third-order valence-corrected chi connectivity index (χ3v) is 12.3. The molecule has 0 unspecified atom stereocenters. The molecule has 0 saturated carbocycles. The zero-order valence-corrected chi connectivity index (χ0v) is 22.0. The van der Waals surface area contributed by atoms with E-state index in [4.69, 9.17) is 18.6 Å². The molecule has 0 N–H and O–H groups in total. The van der Waals surface area contributed by atoms with Crippen LogP contribution < -0.4 is 0 Å². The van der Waals surface area contributed by atoms with Gasteiger partial charge in [0.15, 0.2) is 14.6 Å². The zero-order chi connectivity index (χ0) is 25.6. The second-order valence-corrected chi connectivity index (χ2v) is 16.8. The molecule has 7 nitrogen and oxygen atoms in total. The highest BCUT2D eigenvalue weighted by molar-refractivity contribution is 7.87. The molecule has 0 aromatic heterocycles. The molecular formula is C22H33F3O7SSi. The van der Waals surface area contributed by atoms with E-state index in [2.05, 4.69) is 4.18 Å². The SMILES string of the molecule is CC(C)(C)[Si](C)(C)O[C@@H]1C[C@@H]2O[C@H](c3ccccc3)OC[C@@]2(C)O[C@H]1COS(=O)(=O)C(F)(F)F. The van der Waals surface area contributed by atoms with Crippen LogP contribution in [0.15, 0.2) is 30.3 Å². The Morgan fingerprint density at radius 3 is 2.32 bits per heavy atom. The third-order valence-electron chi connectivity index (χ3n) is 6.77. The lowest BCUT2D eigenvalue weighted by atomic mass is 9.88. The molecule has 0 bridgehead atoms. The number of ether oxygens (including phenoxy) is 3. The summed E-state index contributed by atoms with van der Waals surface area (Å²) >= 11 is 0. The first kappa shape index (κ1) is 27.6. The van der Waals surface area contributed by atoms with Crippen LogP contribution >= 0.6 is 0 Å². The first-order valence-corrected chi connectivity index (χ1v) is 15.4. The van der Waals surface area contributed by atoms with Gasteiger partial charge in [0.05, 0.1) is 25.4 Å². The fourth-order valence-electron chi connectivity index (χ4n) is 3.69. The molecule has 0 amide bonds. The van der Waals surface area contributed by atoms with Gasteiger partial charge in [0.25, 0.3) is 0 Å². The molecule has 0 spiro atoms. The summed E-state index contributed by atoms with van der Waals surface area (Å²) < 4.78 is 90.6. The van der Waals surface area contributed by atoms with Gasteiger partial charge >= 0.3 is 15.6 Å². The average Bonchev–Trinajstić information content (AvgIpc) is 2.71. The Kier molecular flexibility index (Phi) is 7.66. The van der Waals surface area contributed by atoms with Crippen LogP contribution in [0.5, 0.6) is 0 Å². The van der Waals surface area contributed by atoms with Crippen molar-refractivity contribution in [3.8, 4) is 0 Å². The fraction of sp³-hybridized carbons (Fsp3) is 0.727. The minimum atomic E-state index is -5.77. The topological polar surface area (TPSA) is 80.3 Å². The molecule has 2 heterocycles. The van der Waals surface area contributed by atoms with E-state index >= 15 is 0 Å². The van der Waals surface area contributed by atoms with Gasteiger partial charge in [-0.25, -0.2) is 0 Å². The molecule has 2 aliphatic heterocycles. The smallest absolute Gasteiger partial charge is 0.411 e. The molecule has 1 aromatic rings. The molecule has 2 fully saturated rings. The molecule has 0 radical (unpaired) electrons. The van der Waals surface area contributed by atoms with E-state index in [1.54, 1.807) is 6.92 Å². The van der Waals surface area contributed by atoms with Crippen molar-refractivity contribution in [2.75, 3.05) is 13.2 Å². The van der Waals surface area contributed by atoms with E-state index < -0.39 is 60.8 Å². The lowest BCUT2D eigenvalue weighted by Gasteiger charge is -2.53. The van der Waals surface area contributed by atoms with Gasteiger partial charge in [0, 0.05) is 12.0 Å². The summed E-state index contributed by atoms with van der Waals surface area (Å²) in [4.78, 5) is 0. The van der Waals surface area contributed by atoms with Crippen LogP contribution in [0.3, 0.4) is 0 Å². The standard InChI is InChI=1S/C22H33F3O7SSi/c1-20(2,3)34(5,6)32-16-12-18-21(4,14-28-19(30-18)15-10-8-7-9-11-15)31-17(16)13-29-33(26,27)22(23,24)25/h7-11,16-19H,12-14H2,1-6H3/t16-,17+,18+,19-,21-/m1/s1. The van der Waals surface area contributed by atoms with Crippen LogP contribution in [-0.2, 0) is 32.9 Å². The predicted molar refractivity (Wildman–Crippen MR) is 121 cm³/mol. The molecule has 2 saturated heterocycles. The summed E-state index contributed by atoms with van der Waals surface area (Å²) in [7, 11) is -8.17. The van der Waals surface area contributed by atoms with Crippen molar-refractivity contribution >= 4 is 18.4 Å². The van der Waals surface area contributed by atoms with Crippen molar-refractivity contribution in [1.82, 2.24) is 0 Å². The maximum absolute atomic E-state index is 12.8. The van der Waals surface area contributed by atoms with Gasteiger partial charge in [-0.1, -0.05) is 51.1 Å². The third kappa shape index (κ3) is 5.85. The summed E-state index contributed by atoms with van der Waals surface area (Å²) in [5, 5.41) is -0.194. The van der Waals surface area contributed by atoms with E-state index in [1.165, 1.54) is 0 Å². The Morgan fingerprint density at radius 2 is 1.76 bits per heavy atom. The molecule has 1 aromatic carbocycles. The summed E-state index contributed by atoms with van der Waals surface area (Å²) in [6, 6.07) is 9.36. The molecule has 12 heteroatoms. The normalized spacial score (nSPS) is 31.2. The van der Waals surface area contributed by atoms with Gasteiger partial charge in [0.2, 0.25) is 0 Å². The highest BCUT2D eigenvalue weighted by Crippen LogP contribution is 2.44. The fourth-order valence-corrected chi connectivity index (χ4v) is 5.50. The molecule has 34 heavy (non-hydrogen) atoms. The first-order chi connectivity index (χ1) is 15.5. The molecular weight excluding hydrogens is 493 g/mol. The van der Waals surface area contributed by atoms with Gasteiger partial charge < -0.3 is 18.6 Å². The quantitative estimate of drug-likeness (QED) is 0.296. The van der Waals surface area contributed by atoms with Crippen molar-refractivity contribution in [2.24, 2.45) is 0 Å². The van der Waals surface area contributed by atoms with Crippen LogP contribution in [0.1, 0.15) is 46.0 Å². The van der Waals surface area contributed by atoms with Crippen LogP contribution in [0, 0.1) is 0 Å². The molecule has 3 rings (SSSR count). The maximum Gasteiger partial charge on any atom is 0.523 e. The van der Waals surface area contributed by atoms with Gasteiger partial charge in [-0.05, 0) is 25.1 Å². The van der Waals surface area contributed by atoms with Crippen LogP contribution in [-0.4, -0.2) is 59.4 Å². The van der Waals surface area contributed by atoms with Gasteiger partial charge in [0.1, 0.15) is 11.7 Å². The Morgan fingerprint density at radius 1 is 1.15 bits per heavy atom. The minimum absolute atomic E-state index is 0.104. The minimum Gasteiger partial charge on any atom is -0.411 e. The number of benzene rings is 1. The van der Waals surface area contributed by atoms with Crippen LogP contribution in [0.25, 0.3) is 0 Å². The summed E-state index contributed by atoms with van der Waals surface area (Å²) in [5.74, 6) is 0. The molecule has 0 aliphatic carbocycles. The lowest BCUT2D eigenvalue weighted by molar-refractivity contribution is -0.338. The Bertz CT molecular complexity index is 949. The number of rotatable bonds is 6. The van der Waals surface area contributed by atoms with Crippen LogP contribution in [0.2, 0.25) is 18.1 Å². The second kappa shape index (κ2) is 9.45. The summed E-state index contributed by atoms with van der Waals surface area (Å²) in [6.45, 7) is 11.1. The summed E-state index contributed by atoms with van der Waals surface area (Å²) in [6.07, 6.45) is -2.62. The monoisotopic (exact) mass is 526 g/mol. The number of fused-ring (bicyclic) bond motifs is 1. The molecule has 2 aliphatic rings. The van der Waals surface area contributed by atoms with Gasteiger partial charge in [-0.2, -0.15) is 21.6 Å². The molecule has 5 atom stereocenters. The van der Waals surface area contributed by atoms with E-state index in [0.29, 0.717) is 0 Å². The summed E-state index contributed by atoms with van der Waals surface area (Å²) in [5.41, 5.74) is -5.72. The maximum atomic E-state index is 12.8. The zero-order valence-electron chi connectivity index (χ0n) is 20.2. The largest absolute Gasteiger partial charge is 0.523 e. The van der Waals surface area contributed by atoms with Crippen molar-refractivity contribution in [3.63, 3.8) is 0 Å². The van der Waals surface area contributed by atoms with Crippen LogP contribution in [0.4, 0.5) is 13.2 Å². The van der Waals surface area contributed by atoms with E-state index in [9.17, 15) is 21.6 Å². The number of hydrogen-bond acceptors (Lipinski definition) is 7. The number of hydrogen-bond donors (Lipinski definition) is 0. The van der Waals surface area contributed by atoms with Gasteiger partial charge in [-0.15, -0.1) is 0 Å². The second-order valence-electron chi connectivity index (χ2n) is 10.5.